The smallest absolute Gasteiger partial charge is 0.478 e. The lowest BCUT2D eigenvalue weighted by molar-refractivity contribution is -0.192. The van der Waals surface area contributed by atoms with Crippen molar-refractivity contribution >= 4 is 44.9 Å². The van der Waals surface area contributed by atoms with Crippen LogP contribution in [0.1, 0.15) is 22.8 Å². The summed E-state index contributed by atoms with van der Waals surface area (Å²) in [7, 11) is -2.14. The molecule has 208 valence electrons. The normalized spacial score (nSPS) is 14.2. The van der Waals surface area contributed by atoms with Gasteiger partial charge in [0.2, 0.25) is 5.91 Å². The van der Waals surface area contributed by atoms with Crippen molar-refractivity contribution in [2.24, 2.45) is 0 Å². The number of hydrogen-bond acceptors (Lipinski definition) is 7. The molecule has 2 aromatic rings. The van der Waals surface area contributed by atoms with Crippen LogP contribution in [0.3, 0.4) is 0 Å². The summed E-state index contributed by atoms with van der Waals surface area (Å²) in [5, 5.41) is 19.3. The Kier molecular flexibility index (Phi) is 9.70. The molecule has 2 aromatic carbocycles. The Morgan fingerprint density at radius 1 is 0.947 bits per heavy atom. The number of aryl methyl sites for hydroxylation is 1. The highest BCUT2D eigenvalue weighted by molar-refractivity contribution is 7.93. The van der Waals surface area contributed by atoms with E-state index >= 15 is 0 Å². The third-order valence-corrected chi connectivity index (χ3v) is 6.73. The number of halogens is 3. The summed E-state index contributed by atoms with van der Waals surface area (Å²) in [6, 6.07) is 9.25. The van der Waals surface area contributed by atoms with Crippen molar-refractivity contribution in [2.45, 2.75) is 24.9 Å². The van der Waals surface area contributed by atoms with E-state index in [0.717, 1.165) is 31.9 Å². The molecule has 38 heavy (non-hydrogen) atoms. The van der Waals surface area contributed by atoms with Crippen LogP contribution in [0, 0.1) is 6.92 Å². The third-order valence-electron chi connectivity index (χ3n) is 5.33. The van der Waals surface area contributed by atoms with E-state index in [1.165, 1.54) is 31.2 Å². The predicted molar refractivity (Wildman–Crippen MR) is 133 cm³/mol. The number of carbonyl (C=O) groups is 3. The topological polar surface area (TPSA) is 156 Å². The van der Waals surface area contributed by atoms with Crippen LogP contribution in [-0.2, 0) is 19.6 Å². The van der Waals surface area contributed by atoms with Gasteiger partial charge in [-0.2, -0.15) is 13.2 Å². The van der Waals surface area contributed by atoms with Crippen molar-refractivity contribution in [1.82, 2.24) is 4.90 Å². The number of sulfonamides is 1. The summed E-state index contributed by atoms with van der Waals surface area (Å²) >= 11 is 0. The van der Waals surface area contributed by atoms with Gasteiger partial charge in [0.05, 0.1) is 16.9 Å². The fourth-order valence-electron chi connectivity index (χ4n) is 3.40. The minimum Gasteiger partial charge on any atom is -0.478 e. The number of likely N-dealkylation sites (N-methyl/N-ethyl adjacent to an activating group) is 1. The van der Waals surface area contributed by atoms with Crippen LogP contribution in [0.25, 0.3) is 0 Å². The minimum absolute atomic E-state index is 0.0411. The first kappa shape index (κ1) is 30.4. The lowest BCUT2D eigenvalue weighted by Gasteiger charge is -2.34. The van der Waals surface area contributed by atoms with Crippen LogP contribution >= 0.6 is 0 Å². The second-order valence-corrected chi connectivity index (χ2v) is 10.1. The Balaban J connectivity index is 0.000000638. The van der Waals surface area contributed by atoms with E-state index in [2.05, 4.69) is 19.8 Å². The molecule has 11 nitrogen and oxygen atoms in total. The molecular weight excluding hydrogens is 533 g/mol. The second-order valence-electron chi connectivity index (χ2n) is 8.41. The molecule has 0 atom stereocenters. The highest BCUT2D eigenvalue weighted by atomic mass is 32.2. The molecule has 0 spiro atoms. The van der Waals surface area contributed by atoms with E-state index in [1.54, 1.807) is 19.1 Å². The van der Waals surface area contributed by atoms with Crippen LogP contribution in [0.15, 0.2) is 41.3 Å². The average Bonchev–Trinajstić information content (AvgIpc) is 2.80. The quantitative estimate of drug-likeness (QED) is 0.417. The van der Waals surface area contributed by atoms with Gasteiger partial charge in [0.25, 0.3) is 10.0 Å². The van der Waals surface area contributed by atoms with Gasteiger partial charge in [-0.1, -0.05) is 6.07 Å². The van der Waals surface area contributed by atoms with Crippen molar-refractivity contribution in [1.29, 1.82) is 0 Å². The molecule has 3 rings (SSSR count). The van der Waals surface area contributed by atoms with Gasteiger partial charge in [-0.25, -0.2) is 18.0 Å². The number of carboxylic acids is 2. The summed E-state index contributed by atoms with van der Waals surface area (Å²) in [5.41, 5.74) is 1.34. The number of amides is 1. The molecule has 0 bridgehead atoms. The number of aliphatic carboxylic acids is 1. The summed E-state index contributed by atoms with van der Waals surface area (Å²) in [6.45, 7) is 6.23. The number of benzene rings is 2. The van der Waals surface area contributed by atoms with E-state index in [-0.39, 0.29) is 21.8 Å². The standard InChI is InChI=1S/C21H26N4O5S.C2HF3O2/c1-14-4-6-19(22-15(2)26)20(12-14)31(29,30)23-18-7-5-16(13-17(18)21(27)28)25-10-8-24(3)9-11-25;3-2(4,5)1(6)7/h4-7,12-13,23H,8-11H2,1-3H3,(H,22,26)(H,27,28);(H,6,7). The Labute approximate surface area is 216 Å². The molecule has 0 aliphatic carbocycles. The fourth-order valence-corrected chi connectivity index (χ4v) is 4.73. The Morgan fingerprint density at radius 3 is 2.00 bits per heavy atom. The molecule has 4 N–H and O–H groups in total. The second kappa shape index (κ2) is 12.1. The van der Waals surface area contributed by atoms with E-state index < -0.39 is 34.0 Å². The molecule has 1 fully saturated rings. The number of rotatable bonds is 6. The molecular formula is C23H27F3N4O7S. The van der Waals surface area contributed by atoms with Gasteiger partial charge in [-0.3, -0.25) is 9.52 Å². The van der Waals surface area contributed by atoms with Gasteiger partial charge in [0.15, 0.2) is 0 Å². The zero-order valence-corrected chi connectivity index (χ0v) is 21.5. The molecule has 1 aliphatic rings. The Bertz CT molecular complexity index is 1310. The largest absolute Gasteiger partial charge is 0.490 e. The van der Waals surface area contributed by atoms with E-state index in [0.29, 0.717) is 5.56 Å². The maximum Gasteiger partial charge on any atom is 0.490 e. The van der Waals surface area contributed by atoms with Crippen molar-refractivity contribution in [3.8, 4) is 0 Å². The molecule has 0 radical (unpaired) electrons. The molecule has 0 saturated carbocycles. The summed E-state index contributed by atoms with van der Waals surface area (Å²) in [4.78, 5) is 36.4. The van der Waals surface area contributed by atoms with Crippen LogP contribution in [0.5, 0.6) is 0 Å². The Morgan fingerprint density at radius 2 is 1.50 bits per heavy atom. The molecule has 1 aliphatic heterocycles. The van der Waals surface area contributed by atoms with E-state index in [9.17, 15) is 36.3 Å². The Hall–Kier alpha value is -3.85. The molecule has 1 amide bonds. The maximum absolute atomic E-state index is 13.1. The number of carbonyl (C=O) groups excluding carboxylic acids is 1. The van der Waals surface area contributed by atoms with Crippen LogP contribution < -0.4 is 14.9 Å². The van der Waals surface area contributed by atoms with Crippen molar-refractivity contribution in [2.75, 3.05) is 48.2 Å². The van der Waals surface area contributed by atoms with Crippen LogP contribution in [0.2, 0.25) is 0 Å². The summed E-state index contributed by atoms with van der Waals surface area (Å²) < 4.78 is 60.3. The molecule has 0 unspecified atom stereocenters. The summed E-state index contributed by atoms with van der Waals surface area (Å²) in [5.74, 6) is -4.41. The van der Waals surface area contributed by atoms with E-state index in [4.69, 9.17) is 9.90 Å². The third kappa shape index (κ3) is 8.34. The van der Waals surface area contributed by atoms with E-state index in [1.807, 2.05) is 7.05 Å². The zero-order chi connectivity index (χ0) is 28.8. The monoisotopic (exact) mass is 560 g/mol. The predicted octanol–water partition coefficient (Wildman–Crippen LogP) is 2.84. The minimum atomic E-state index is -5.08. The van der Waals surface area contributed by atoms with Gasteiger partial charge in [-0.15, -0.1) is 0 Å². The SMILES string of the molecule is CC(=O)Nc1ccc(C)cc1S(=O)(=O)Nc1ccc(N2CCN(C)CC2)cc1C(=O)O.O=C(O)C(F)(F)F. The lowest BCUT2D eigenvalue weighted by Crippen LogP contribution is -2.44. The molecule has 15 heteroatoms. The zero-order valence-electron chi connectivity index (χ0n) is 20.7. The van der Waals surface area contributed by atoms with Crippen molar-refractivity contribution in [3.05, 3.63) is 47.5 Å². The lowest BCUT2D eigenvalue weighted by atomic mass is 10.1. The number of hydrogen-bond donors (Lipinski definition) is 4. The van der Waals surface area contributed by atoms with Gasteiger partial charge < -0.3 is 25.3 Å². The van der Waals surface area contributed by atoms with Gasteiger partial charge in [-0.05, 0) is 49.9 Å². The first-order valence-electron chi connectivity index (χ1n) is 11.0. The highest BCUT2D eigenvalue weighted by Gasteiger charge is 2.38. The molecule has 1 saturated heterocycles. The number of carboxylic acid groups (broad SMARTS) is 2. The number of aromatic carboxylic acids is 1. The summed E-state index contributed by atoms with van der Waals surface area (Å²) in [6.07, 6.45) is -5.08. The molecule has 0 aromatic heterocycles. The average molecular weight is 561 g/mol. The van der Waals surface area contributed by atoms with Crippen molar-refractivity contribution in [3.63, 3.8) is 0 Å². The highest BCUT2D eigenvalue weighted by Crippen LogP contribution is 2.29. The van der Waals surface area contributed by atoms with Crippen LogP contribution in [0.4, 0.5) is 30.2 Å². The number of anilines is 3. The number of nitrogens with zero attached hydrogens (tertiary/aromatic N) is 2. The number of piperazine rings is 1. The van der Waals surface area contributed by atoms with Crippen molar-refractivity contribution < 1.29 is 46.2 Å². The number of nitrogens with one attached hydrogen (secondary N) is 2. The first-order valence-corrected chi connectivity index (χ1v) is 12.5. The van der Waals surface area contributed by atoms with Crippen LogP contribution in [-0.4, -0.2) is 80.8 Å². The first-order chi connectivity index (χ1) is 17.5. The molecule has 1 heterocycles. The fraction of sp³-hybridized carbons (Fsp3) is 0.348. The number of alkyl halides is 3. The van der Waals surface area contributed by atoms with Gasteiger partial charge >= 0.3 is 18.1 Å². The maximum atomic E-state index is 13.1. The van der Waals surface area contributed by atoms with Gasteiger partial charge in [0.1, 0.15) is 4.90 Å². The van der Waals surface area contributed by atoms with Gasteiger partial charge in [0, 0.05) is 38.8 Å².